The van der Waals surface area contributed by atoms with Crippen LogP contribution in [0, 0.1) is 0 Å². The minimum absolute atomic E-state index is 0.815. The first-order valence-corrected chi connectivity index (χ1v) is 8.20. The van der Waals surface area contributed by atoms with E-state index in [1.165, 1.54) is 56.9 Å². The number of fused-ring (bicyclic) bond motifs is 1. The molecule has 0 radical (unpaired) electrons. The third kappa shape index (κ3) is 5.26. The van der Waals surface area contributed by atoms with E-state index < -0.39 is 0 Å². The molecule has 0 saturated heterocycles. The molecule has 0 bridgehead atoms. The zero-order chi connectivity index (χ0) is 14.0. The molecule has 0 atom stereocenters. The van der Waals surface area contributed by atoms with Crippen LogP contribution in [0.3, 0.4) is 0 Å². The van der Waals surface area contributed by atoms with Crippen LogP contribution in [0.4, 0.5) is 0 Å². The summed E-state index contributed by atoms with van der Waals surface area (Å²) in [7, 11) is 1.75. The van der Waals surface area contributed by atoms with Crippen LogP contribution in [0.15, 0.2) is 18.2 Å². The molecule has 2 rings (SSSR count). The number of rotatable bonds is 9. The Hall–Kier alpha value is -0.860. The SMILES string of the molecule is COCCNCCCCCc1ccc2c(c1)CCCC2. The number of unbranched alkanes of at least 4 members (excludes halogenated alkanes) is 2. The van der Waals surface area contributed by atoms with Gasteiger partial charge in [0.2, 0.25) is 0 Å². The standard InChI is InChI=1S/C18H29NO/c1-20-14-13-19-12-6-2-3-7-16-10-11-17-8-4-5-9-18(17)15-16/h10-11,15,19H,2-9,12-14H2,1H3. The smallest absolute Gasteiger partial charge is 0.0587 e. The highest BCUT2D eigenvalue weighted by Crippen LogP contribution is 2.22. The van der Waals surface area contributed by atoms with Gasteiger partial charge in [-0.3, -0.25) is 0 Å². The van der Waals surface area contributed by atoms with E-state index in [-0.39, 0.29) is 0 Å². The van der Waals surface area contributed by atoms with E-state index in [1.807, 2.05) is 0 Å². The predicted octanol–water partition coefficient (Wildman–Crippen LogP) is 3.51. The van der Waals surface area contributed by atoms with Gasteiger partial charge < -0.3 is 10.1 Å². The van der Waals surface area contributed by atoms with Crippen molar-refractivity contribution in [3.05, 3.63) is 34.9 Å². The molecule has 112 valence electrons. The summed E-state index contributed by atoms with van der Waals surface area (Å²) < 4.78 is 5.01. The van der Waals surface area contributed by atoms with Gasteiger partial charge in [0.05, 0.1) is 6.61 Å². The van der Waals surface area contributed by atoms with Gasteiger partial charge in [-0.05, 0) is 68.2 Å². The van der Waals surface area contributed by atoms with Crippen LogP contribution in [-0.4, -0.2) is 26.8 Å². The zero-order valence-corrected chi connectivity index (χ0v) is 12.9. The molecular formula is C18H29NO. The lowest BCUT2D eigenvalue weighted by Gasteiger charge is -2.16. The lowest BCUT2D eigenvalue weighted by Crippen LogP contribution is -2.20. The van der Waals surface area contributed by atoms with Gasteiger partial charge in [-0.15, -0.1) is 0 Å². The van der Waals surface area contributed by atoms with E-state index in [0.29, 0.717) is 0 Å². The molecule has 0 saturated carbocycles. The maximum atomic E-state index is 5.01. The molecule has 2 nitrogen and oxygen atoms in total. The van der Waals surface area contributed by atoms with E-state index in [9.17, 15) is 0 Å². The van der Waals surface area contributed by atoms with E-state index in [4.69, 9.17) is 4.74 Å². The van der Waals surface area contributed by atoms with E-state index in [1.54, 1.807) is 18.2 Å². The Labute approximate surface area is 123 Å². The molecular weight excluding hydrogens is 246 g/mol. The first-order chi connectivity index (χ1) is 9.90. The van der Waals surface area contributed by atoms with E-state index in [2.05, 4.69) is 23.5 Å². The maximum absolute atomic E-state index is 5.01. The van der Waals surface area contributed by atoms with Crippen LogP contribution >= 0.6 is 0 Å². The third-order valence-corrected chi connectivity index (χ3v) is 4.21. The number of hydrogen-bond donors (Lipinski definition) is 1. The van der Waals surface area contributed by atoms with Gasteiger partial charge in [-0.25, -0.2) is 0 Å². The van der Waals surface area contributed by atoms with Gasteiger partial charge in [0.1, 0.15) is 0 Å². The molecule has 1 N–H and O–H groups in total. The highest BCUT2D eigenvalue weighted by Gasteiger charge is 2.09. The highest BCUT2D eigenvalue weighted by molar-refractivity contribution is 5.33. The minimum Gasteiger partial charge on any atom is -0.383 e. The fourth-order valence-electron chi connectivity index (χ4n) is 3.00. The Morgan fingerprint density at radius 1 is 1.00 bits per heavy atom. The van der Waals surface area contributed by atoms with Gasteiger partial charge in [-0.2, -0.15) is 0 Å². The number of nitrogens with one attached hydrogen (secondary N) is 1. The molecule has 1 aromatic carbocycles. The molecule has 20 heavy (non-hydrogen) atoms. The molecule has 0 heterocycles. The number of benzene rings is 1. The fraction of sp³-hybridized carbons (Fsp3) is 0.667. The van der Waals surface area contributed by atoms with Crippen LogP contribution in [0.1, 0.15) is 48.8 Å². The van der Waals surface area contributed by atoms with E-state index >= 15 is 0 Å². The Kier molecular flexibility index (Phi) is 7.10. The molecule has 1 aliphatic rings. The van der Waals surface area contributed by atoms with Crippen LogP contribution < -0.4 is 5.32 Å². The lowest BCUT2D eigenvalue weighted by atomic mass is 9.89. The van der Waals surface area contributed by atoms with Gasteiger partial charge in [0.15, 0.2) is 0 Å². The quantitative estimate of drug-likeness (QED) is 0.696. The molecule has 0 unspecified atom stereocenters. The van der Waals surface area contributed by atoms with Gasteiger partial charge in [0, 0.05) is 13.7 Å². The monoisotopic (exact) mass is 275 g/mol. The largest absolute Gasteiger partial charge is 0.383 e. The van der Waals surface area contributed by atoms with Crippen molar-refractivity contribution >= 4 is 0 Å². The second-order valence-corrected chi connectivity index (χ2v) is 5.86. The third-order valence-electron chi connectivity index (χ3n) is 4.21. The first kappa shape index (κ1) is 15.5. The van der Waals surface area contributed by atoms with Crippen molar-refractivity contribution in [2.24, 2.45) is 0 Å². The van der Waals surface area contributed by atoms with Gasteiger partial charge in [-0.1, -0.05) is 24.6 Å². The number of methoxy groups -OCH3 is 1. The summed E-state index contributed by atoms with van der Waals surface area (Å²) in [5.41, 5.74) is 4.76. The number of hydrogen-bond acceptors (Lipinski definition) is 2. The minimum atomic E-state index is 0.815. The van der Waals surface area contributed by atoms with Crippen molar-refractivity contribution in [3.63, 3.8) is 0 Å². The number of aryl methyl sites for hydroxylation is 3. The Bertz CT molecular complexity index is 389. The van der Waals surface area contributed by atoms with Crippen LogP contribution in [0.25, 0.3) is 0 Å². The van der Waals surface area contributed by atoms with Crippen molar-refractivity contribution < 1.29 is 4.74 Å². The highest BCUT2D eigenvalue weighted by atomic mass is 16.5. The molecule has 1 aliphatic carbocycles. The van der Waals surface area contributed by atoms with E-state index in [0.717, 1.165) is 19.7 Å². The predicted molar refractivity (Wildman–Crippen MR) is 85.4 cm³/mol. The maximum Gasteiger partial charge on any atom is 0.0587 e. The summed E-state index contributed by atoms with van der Waals surface area (Å²) in [6.45, 7) is 2.91. The Morgan fingerprint density at radius 3 is 2.70 bits per heavy atom. The Morgan fingerprint density at radius 2 is 1.85 bits per heavy atom. The molecule has 2 heteroatoms. The Balaban J connectivity index is 1.60. The van der Waals surface area contributed by atoms with Crippen LogP contribution in [0.5, 0.6) is 0 Å². The average Bonchev–Trinajstić information content (AvgIpc) is 2.50. The molecule has 0 aliphatic heterocycles. The molecule has 0 aromatic heterocycles. The van der Waals surface area contributed by atoms with Crippen molar-refractivity contribution in [3.8, 4) is 0 Å². The van der Waals surface area contributed by atoms with Crippen LogP contribution in [0.2, 0.25) is 0 Å². The normalized spacial score (nSPS) is 14.2. The fourth-order valence-corrected chi connectivity index (χ4v) is 3.00. The summed E-state index contributed by atoms with van der Waals surface area (Å²) in [6, 6.07) is 7.18. The molecule has 0 spiro atoms. The first-order valence-electron chi connectivity index (χ1n) is 8.20. The second kappa shape index (κ2) is 9.15. The van der Waals surface area contributed by atoms with Crippen molar-refractivity contribution in [2.45, 2.75) is 51.4 Å². The summed E-state index contributed by atoms with van der Waals surface area (Å²) in [6.07, 6.45) is 10.5. The lowest BCUT2D eigenvalue weighted by molar-refractivity contribution is 0.199. The average molecular weight is 275 g/mol. The second-order valence-electron chi connectivity index (χ2n) is 5.86. The topological polar surface area (TPSA) is 21.3 Å². The molecule has 0 amide bonds. The zero-order valence-electron chi connectivity index (χ0n) is 12.9. The summed E-state index contributed by atoms with van der Waals surface area (Å²) in [5.74, 6) is 0. The summed E-state index contributed by atoms with van der Waals surface area (Å²) in [5, 5.41) is 3.40. The summed E-state index contributed by atoms with van der Waals surface area (Å²) >= 11 is 0. The van der Waals surface area contributed by atoms with Crippen molar-refractivity contribution in [2.75, 3.05) is 26.8 Å². The number of ether oxygens (including phenoxy) is 1. The van der Waals surface area contributed by atoms with Crippen molar-refractivity contribution in [1.82, 2.24) is 5.32 Å². The van der Waals surface area contributed by atoms with Crippen LogP contribution in [-0.2, 0) is 24.0 Å². The van der Waals surface area contributed by atoms with Gasteiger partial charge in [0.25, 0.3) is 0 Å². The van der Waals surface area contributed by atoms with Crippen molar-refractivity contribution in [1.29, 1.82) is 0 Å². The van der Waals surface area contributed by atoms with Gasteiger partial charge >= 0.3 is 0 Å². The molecule has 0 fully saturated rings. The summed E-state index contributed by atoms with van der Waals surface area (Å²) in [4.78, 5) is 0. The molecule has 1 aromatic rings.